The van der Waals surface area contributed by atoms with E-state index in [1.165, 1.54) is 30.8 Å². The molecule has 5 nitrogen and oxygen atoms in total. The molecular formula is C14H13BrN2O3S2. The minimum absolute atomic E-state index is 0.0484. The van der Waals surface area contributed by atoms with Crippen molar-refractivity contribution in [3.63, 3.8) is 0 Å². The summed E-state index contributed by atoms with van der Waals surface area (Å²) in [7, 11) is -3.83. The number of carbonyl (C=O) groups excluding carboxylic acids is 1. The first-order valence-corrected chi connectivity index (χ1v) is 9.30. The van der Waals surface area contributed by atoms with Crippen molar-refractivity contribution in [2.75, 3.05) is 5.32 Å². The fourth-order valence-corrected chi connectivity index (χ4v) is 3.68. The molecule has 0 aliphatic carbocycles. The maximum atomic E-state index is 11.4. The van der Waals surface area contributed by atoms with E-state index >= 15 is 0 Å². The molecule has 0 saturated carbocycles. The molecule has 0 heterocycles. The molecule has 0 saturated heterocycles. The number of primary sulfonamides is 1. The van der Waals surface area contributed by atoms with Crippen molar-refractivity contribution in [2.45, 2.75) is 21.6 Å². The molecule has 0 spiro atoms. The molecule has 116 valence electrons. The van der Waals surface area contributed by atoms with Gasteiger partial charge in [0.15, 0.2) is 0 Å². The third-order valence-corrected chi connectivity index (χ3v) is 5.66. The Morgan fingerprint density at radius 2 is 1.86 bits per heavy atom. The van der Waals surface area contributed by atoms with Gasteiger partial charge in [-0.05, 0) is 46.3 Å². The van der Waals surface area contributed by atoms with Gasteiger partial charge in [0.25, 0.3) is 0 Å². The summed E-state index contributed by atoms with van der Waals surface area (Å²) in [6.07, 6.45) is 0. The fraction of sp³-hybridized carbons (Fsp3) is 0.0714. The summed E-state index contributed by atoms with van der Waals surface area (Å²) in [6, 6.07) is 12.0. The molecule has 0 radical (unpaired) electrons. The minimum Gasteiger partial charge on any atom is -0.325 e. The van der Waals surface area contributed by atoms with Gasteiger partial charge in [-0.3, -0.25) is 4.79 Å². The largest absolute Gasteiger partial charge is 0.325 e. The first kappa shape index (κ1) is 17.0. The lowest BCUT2D eigenvalue weighted by Gasteiger charge is -2.12. The number of hydrogen-bond donors (Lipinski definition) is 2. The van der Waals surface area contributed by atoms with Crippen LogP contribution >= 0.6 is 27.7 Å². The van der Waals surface area contributed by atoms with Crippen LogP contribution in [0.2, 0.25) is 0 Å². The Balaban J connectivity index is 2.46. The molecular weight excluding hydrogens is 388 g/mol. The van der Waals surface area contributed by atoms with Crippen molar-refractivity contribution in [2.24, 2.45) is 5.14 Å². The lowest BCUT2D eigenvalue weighted by molar-refractivity contribution is -0.114. The van der Waals surface area contributed by atoms with Gasteiger partial charge >= 0.3 is 0 Å². The topological polar surface area (TPSA) is 89.3 Å². The highest BCUT2D eigenvalue weighted by molar-refractivity contribution is 9.10. The summed E-state index contributed by atoms with van der Waals surface area (Å²) in [6.45, 7) is 1.36. The molecule has 2 aromatic rings. The van der Waals surface area contributed by atoms with Crippen LogP contribution in [0, 0.1) is 0 Å². The summed E-state index contributed by atoms with van der Waals surface area (Å²) in [5.74, 6) is -0.291. The van der Waals surface area contributed by atoms with Gasteiger partial charge in [0, 0.05) is 21.2 Å². The Hall–Kier alpha value is -1.35. The van der Waals surface area contributed by atoms with E-state index in [9.17, 15) is 13.2 Å². The monoisotopic (exact) mass is 400 g/mol. The zero-order valence-corrected chi connectivity index (χ0v) is 14.8. The normalized spacial score (nSPS) is 11.2. The van der Waals surface area contributed by atoms with E-state index in [-0.39, 0.29) is 10.8 Å². The SMILES string of the molecule is CC(=O)Nc1cc(S(N)(=O)=O)ccc1Sc1ccccc1Br. The number of rotatable bonds is 4. The second-order valence-corrected chi connectivity index (χ2v) is 7.92. The molecule has 2 rings (SSSR count). The van der Waals surface area contributed by atoms with Crippen molar-refractivity contribution in [1.82, 2.24) is 0 Å². The first-order valence-electron chi connectivity index (χ1n) is 6.14. The van der Waals surface area contributed by atoms with Crippen molar-refractivity contribution < 1.29 is 13.2 Å². The van der Waals surface area contributed by atoms with Crippen LogP contribution in [0.3, 0.4) is 0 Å². The van der Waals surface area contributed by atoms with E-state index in [0.29, 0.717) is 5.69 Å². The van der Waals surface area contributed by atoms with Gasteiger partial charge in [-0.1, -0.05) is 23.9 Å². The molecule has 0 aromatic heterocycles. The predicted octanol–water partition coefficient (Wildman–Crippen LogP) is 3.21. The lowest BCUT2D eigenvalue weighted by Crippen LogP contribution is -2.13. The molecule has 0 bridgehead atoms. The van der Waals surface area contributed by atoms with Crippen LogP contribution in [0.5, 0.6) is 0 Å². The van der Waals surface area contributed by atoms with Gasteiger partial charge in [0.1, 0.15) is 0 Å². The molecule has 0 unspecified atom stereocenters. The Bertz CT molecular complexity index is 823. The Kier molecular flexibility index (Phi) is 5.28. The van der Waals surface area contributed by atoms with E-state index in [1.54, 1.807) is 6.07 Å². The molecule has 22 heavy (non-hydrogen) atoms. The van der Waals surface area contributed by atoms with E-state index in [2.05, 4.69) is 21.2 Å². The number of nitrogens with two attached hydrogens (primary N) is 1. The summed E-state index contributed by atoms with van der Waals surface area (Å²) in [4.78, 5) is 12.9. The van der Waals surface area contributed by atoms with Gasteiger partial charge in [-0.15, -0.1) is 0 Å². The van der Waals surface area contributed by atoms with Crippen LogP contribution in [-0.2, 0) is 14.8 Å². The number of halogens is 1. The van der Waals surface area contributed by atoms with E-state index < -0.39 is 10.0 Å². The number of benzene rings is 2. The zero-order chi connectivity index (χ0) is 16.3. The Labute approximate surface area is 141 Å². The molecule has 1 amide bonds. The quantitative estimate of drug-likeness (QED) is 0.824. The summed E-state index contributed by atoms with van der Waals surface area (Å²) >= 11 is 4.86. The van der Waals surface area contributed by atoms with Gasteiger partial charge in [-0.2, -0.15) is 0 Å². The molecule has 3 N–H and O–H groups in total. The maximum Gasteiger partial charge on any atom is 0.238 e. The Morgan fingerprint density at radius 1 is 1.18 bits per heavy atom. The molecule has 8 heteroatoms. The average molecular weight is 401 g/mol. The van der Waals surface area contributed by atoms with Crippen LogP contribution < -0.4 is 10.5 Å². The van der Waals surface area contributed by atoms with Crippen LogP contribution in [0.15, 0.2) is 61.6 Å². The minimum atomic E-state index is -3.83. The number of nitrogens with one attached hydrogen (secondary N) is 1. The third-order valence-electron chi connectivity index (χ3n) is 2.65. The van der Waals surface area contributed by atoms with Gasteiger partial charge in [0.2, 0.25) is 15.9 Å². The maximum absolute atomic E-state index is 11.4. The van der Waals surface area contributed by atoms with Crippen molar-refractivity contribution >= 4 is 49.3 Å². The predicted molar refractivity (Wildman–Crippen MR) is 90.4 cm³/mol. The number of anilines is 1. The second-order valence-electron chi connectivity index (χ2n) is 4.42. The highest BCUT2D eigenvalue weighted by Crippen LogP contribution is 2.38. The summed E-state index contributed by atoms with van der Waals surface area (Å²) in [5, 5.41) is 7.76. The highest BCUT2D eigenvalue weighted by atomic mass is 79.9. The summed E-state index contributed by atoms with van der Waals surface area (Å²) in [5.41, 5.74) is 0.403. The standard InChI is InChI=1S/C14H13BrN2O3S2/c1-9(18)17-12-8-10(22(16,19)20)6-7-14(12)21-13-5-3-2-4-11(13)15/h2-8H,1H3,(H,17,18)(H2,16,19,20). The van der Waals surface area contributed by atoms with E-state index in [0.717, 1.165) is 14.3 Å². The van der Waals surface area contributed by atoms with Crippen molar-refractivity contribution in [3.05, 3.63) is 46.9 Å². The molecule has 0 atom stereocenters. The number of sulfonamides is 1. The highest BCUT2D eigenvalue weighted by Gasteiger charge is 2.14. The average Bonchev–Trinajstić information content (AvgIpc) is 2.41. The third kappa shape index (κ3) is 4.33. The van der Waals surface area contributed by atoms with E-state index in [1.807, 2.05) is 24.3 Å². The van der Waals surface area contributed by atoms with Crippen LogP contribution in [-0.4, -0.2) is 14.3 Å². The van der Waals surface area contributed by atoms with E-state index in [4.69, 9.17) is 5.14 Å². The van der Waals surface area contributed by atoms with Crippen LogP contribution in [0.25, 0.3) is 0 Å². The number of amides is 1. The van der Waals surface area contributed by atoms with Gasteiger partial charge in [0.05, 0.1) is 10.6 Å². The Morgan fingerprint density at radius 3 is 2.45 bits per heavy atom. The fourth-order valence-electron chi connectivity index (χ4n) is 1.71. The molecule has 2 aromatic carbocycles. The summed E-state index contributed by atoms with van der Waals surface area (Å²) < 4.78 is 23.8. The molecule has 0 aliphatic heterocycles. The number of hydrogen-bond acceptors (Lipinski definition) is 4. The van der Waals surface area contributed by atoms with Crippen molar-refractivity contribution in [3.8, 4) is 0 Å². The van der Waals surface area contributed by atoms with Crippen LogP contribution in [0.4, 0.5) is 5.69 Å². The molecule has 0 fully saturated rings. The lowest BCUT2D eigenvalue weighted by atomic mass is 10.3. The smallest absolute Gasteiger partial charge is 0.238 e. The van der Waals surface area contributed by atoms with Gasteiger partial charge in [-0.25, -0.2) is 13.6 Å². The number of carbonyl (C=O) groups is 1. The zero-order valence-electron chi connectivity index (χ0n) is 11.5. The molecule has 0 aliphatic rings. The second kappa shape index (κ2) is 6.82. The van der Waals surface area contributed by atoms with Crippen molar-refractivity contribution in [1.29, 1.82) is 0 Å². The first-order chi connectivity index (χ1) is 10.3. The van der Waals surface area contributed by atoms with Crippen LogP contribution in [0.1, 0.15) is 6.92 Å². The van der Waals surface area contributed by atoms with Gasteiger partial charge < -0.3 is 5.32 Å².